The highest BCUT2D eigenvalue weighted by Gasteiger charge is 2.15. The molecule has 2 N–H and O–H groups in total. The van der Waals surface area contributed by atoms with E-state index in [9.17, 15) is 4.79 Å². The van der Waals surface area contributed by atoms with Crippen molar-refractivity contribution in [2.45, 2.75) is 5.92 Å². The molecule has 0 fully saturated rings. The zero-order valence-electron chi connectivity index (χ0n) is 16.4. The normalized spacial score (nSPS) is 10.6. The Morgan fingerprint density at radius 2 is 1.59 bits per heavy atom. The topological polar surface area (TPSA) is 72.5 Å². The van der Waals surface area contributed by atoms with Crippen molar-refractivity contribution in [2.24, 2.45) is 0 Å². The number of nitrogens with one attached hydrogen (secondary N) is 2. The number of carbonyl (C=O) groups excluding carboxylic acids is 1. The molecule has 29 heavy (non-hydrogen) atoms. The highest BCUT2D eigenvalue weighted by molar-refractivity contribution is 5.89. The standard InChI is InChI=1S/C23H25N3O3/c1-28-14-15-29-22-13-12-20(16-24-22)26-23(27)25-17-21(18-8-4-2-5-9-18)19-10-6-3-7-11-19/h2-13,16,21H,14-15,17H2,1H3,(H2,25,26,27). The highest BCUT2D eigenvalue weighted by atomic mass is 16.5. The summed E-state index contributed by atoms with van der Waals surface area (Å²) in [7, 11) is 1.61. The van der Waals surface area contributed by atoms with Gasteiger partial charge in [-0.2, -0.15) is 0 Å². The smallest absolute Gasteiger partial charge is 0.319 e. The fourth-order valence-corrected chi connectivity index (χ4v) is 2.94. The molecule has 0 aliphatic heterocycles. The van der Waals surface area contributed by atoms with Crippen LogP contribution in [0.1, 0.15) is 17.0 Å². The van der Waals surface area contributed by atoms with Gasteiger partial charge in [0.15, 0.2) is 0 Å². The molecule has 2 amide bonds. The van der Waals surface area contributed by atoms with Gasteiger partial charge in [-0.3, -0.25) is 0 Å². The number of benzene rings is 2. The molecule has 0 spiro atoms. The number of ether oxygens (including phenoxy) is 2. The maximum absolute atomic E-state index is 12.4. The molecule has 0 aliphatic carbocycles. The number of pyridine rings is 1. The van der Waals surface area contributed by atoms with Gasteiger partial charge in [0.2, 0.25) is 5.88 Å². The lowest BCUT2D eigenvalue weighted by Gasteiger charge is -2.19. The van der Waals surface area contributed by atoms with E-state index in [1.807, 2.05) is 36.4 Å². The van der Waals surface area contributed by atoms with E-state index in [-0.39, 0.29) is 11.9 Å². The van der Waals surface area contributed by atoms with Crippen LogP contribution in [0.5, 0.6) is 5.88 Å². The van der Waals surface area contributed by atoms with Gasteiger partial charge in [0.05, 0.1) is 18.5 Å². The first-order valence-electron chi connectivity index (χ1n) is 9.49. The number of rotatable bonds is 9. The van der Waals surface area contributed by atoms with Crippen LogP contribution in [0.4, 0.5) is 10.5 Å². The quantitative estimate of drug-likeness (QED) is 0.540. The number of amides is 2. The predicted molar refractivity (Wildman–Crippen MR) is 113 cm³/mol. The second-order valence-corrected chi connectivity index (χ2v) is 6.44. The SMILES string of the molecule is COCCOc1ccc(NC(=O)NCC(c2ccccc2)c2ccccc2)cn1. The van der Waals surface area contributed by atoms with Crippen LogP contribution in [-0.2, 0) is 4.74 Å². The average molecular weight is 391 g/mol. The molecular formula is C23H25N3O3. The molecule has 0 unspecified atom stereocenters. The number of urea groups is 1. The molecule has 3 aromatic rings. The molecule has 1 aromatic heterocycles. The van der Waals surface area contributed by atoms with E-state index in [1.54, 1.807) is 25.4 Å². The summed E-state index contributed by atoms with van der Waals surface area (Å²) in [6, 6.07) is 23.5. The minimum Gasteiger partial charge on any atom is -0.475 e. The number of aromatic nitrogens is 1. The first kappa shape index (κ1) is 20.4. The summed E-state index contributed by atoms with van der Waals surface area (Å²) in [5, 5.41) is 5.76. The molecule has 0 saturated heterocycles. The fourth-order valence-electron chi connectivity index (χ4n) is 2.94. The minimum atomic E-state index is -0.281. The van der Waals surface area contributed by atoms with E-state index in [4.69, 9.17) is 9.47 Å². The van der Waals surface area contributed by atoms with Gasteiger partial charge in [0.1, 0.15) is 6.61 Å². The Morgan fingerprint density at radius 3 is 2.14 bits per heavy atom. The molecule has 0 atom stereocenters. The minimum absolute atomic E-state index is 0.0674. The average Bonchev–Trinajstić information content (AvgIpc) is 2.77. The number of anilines is 1. The Bertz CT molecular complexity index is 831. The van der Waals surface area contributed by atoms with Crippen LogP contribution in [0.25, 0.3) is 0 Å². The molecule has 0 bridgehead atoms. The number of methoxy groups -OCH3 is 1. The first-order chi connectivity index (χ1) is 14.3. The monoisotopic (exact) mass is 391 g/mol. The maximum atomic E-state index is 12.4. The van der Waals surface area contributed by atoms with Gasteiger partial charge in [-0.25, -0.2) is 9.78 Å². The van der Waals surface area contributed by atoms with Gasteiger partial charge < -0.3 is 20.1 Å². The van der Waals surface area contributed by atoms with Crippen LogP contribution >= 0.6 is 0 Å². The number of hydrogen-bond acceptors (Lipinski definition) is 4. The van der Waals surface area contributed by atoms with Crippen molar-refractivity contribution in [3.8, 4) is 5.88 Å². The van der Waals surface area contributed by atoms with Gasteiger partial charge in [0.25, 0.3) is 0 Å². The predicted octanol–water partition coefficient (Wildman–Crippen LogP) is 4.06. The Morgan fingerprint density at radius 1 is 0.931 bits per heavy atom. The van der Waals surface area contributed by atoms with E-state index in [2.05, 4.69) is 39.9 Å². The van der Waals surface area contributed by atoms with Crippen LogP contribution < -0.4 is 15.4 Å². The zero-order valence-corrected chi connectivity index (χ0v) is 16.4. The fraction of sp³-hybridized carbons (Fsp3) is 0.217. The van der Waals surface area contributed by atoms with Crippen molar-refractivity contribution in [2.75, 3.05) is 32.2 Å². The third-order valence-electron chi connectivity index (χ3n) is 4.40. The van der Waals surface area contributed by atoms with E-state index in [1.165, 1.54) is 0 Å². The number of carbonyl (C=O) groups is 1. The van der Waals surface area contributed by atoms with E-state index >= 15 is 0 Å². The summed E-state index contributed by atoms with van der Waals surface area (Å²) in [5.74, 6) is 0.555. The molecule has 0 saturated carbocycles. The molecule has 6 heteroatoms. The van der Waals surface area contributed by atoms with Gasteiger partial charge in [0, 0.05) is 25.6 Å². The number of nitrogens with zero attached hydrogens (tertiary/aromatic N) is 1. The lowest BCUT2D eigenvalue weighted by molar-refractivity contribution is 0.144. The molecule has 1 heterocycles. The Hall–Kier alpha value is -3.38. The molecular weight excluding hydrogens is 366 g/mol. The van der Waals surface area contributed by atoms with Gasteiger partial charge in [-0.1, -0.05) is 60.7 Å². The van der Waals surface area contributed by atoms with Crippen molar-refractivity contribution < 1.29 is 14.3 Å². The lowest BCUT2D eigenvalue weighted by Crippen LogP contribution is -2.32. The van der Waals surface area contributed by atoms with E-state index in [0.717, 1.165) is 11.1 Å². The zero-order chi connectivity index (χ0) is 20.3. The molecule has 3 rings (SSSR count). The summed E-state index contributed by atoms with van der Waals surface area (Å²) in [4.78, 5) is 16.6. The van der Waals surface area contributed by atoms with Gasteiger partial charge in [-0.05, 0) is 17.2 Å². The van der Waals surface area contributed by atoms with Crippen LogP contribution in [-0.4, -0.2) is 37.9 Å². The van der Waals surface area contributed by atoms with Crippen molar-refractivity contribution in [1.82, 2.24) is 10.3 Å². The van der Waals surface area contributed by atoms with Crippen LogP contribution in [0, 0.1) is 0 Å². The Labute approximate surface area is 170 Å². The summed E-state index contributed by atoms with van der Waals surface area (Å²) >= 11 is 0. The highest BCUT2D eigenvalue weighted by Crippen LogP contribution is 2.23. The summed E-state index contributed by atoms with van der Waals surface area (Å²) in [6.07, 6.45) is 1.56. The number of hydrogen-bond donors (Lipinski definition) is 2. The summed E-state index contributed by atoms with van der Waals surface area (Å²) < 4.78 is 10.4. The Balaban J connectivity index is 1.58. The first-order valence-corrected chi connectivity index (χ1v) is 9.49. The second-order valence-electron chi connectivity index (χ2n) is 6.44. The maximum Gasteiger partial charge on any atom is 0.319 e. The van der Waals surface area contributed by atoms with E-state index in [0.29, 0.717) is 31.3 Å². The Kier molecular flexibility index (Phi) is 7.60. The van der Waals surface area contributed by atoms with Crippen LogP contribution in [0.3, 0.4) is 0 Å². The van der Waals surface area contributed by atoms with Crippen molar-refractivity contribution in [3.63, 3.8) is 0 Å². The van der Waals surface area contributed by atoms with Gasteiger partial charge in [-0.15, -0.1) is 0 Å². The molecule has 6 nitrogen and oxygen atoms in total. The third kappa shape index (κ3) is 6.33. The van der Waals surface area contributed by atoms with Gasteiger partial charge >= 0.3 is 6.03 Å². The second kappa shape index (κ2) is 10.8. The largest absolute Gasteiger partial charge is 0.475 e. The molecule has 0 radical (unpaired) electrons. The molecule has 150 valence electrons. The van der Waals surface area contributed by atoms with Crippen LogP contribution in [0.15, 0.2) is 79.0 Å². The summed E-state index contributed by atoms with van der Waals surface area (Å²) in [6.45, 7) is 1.40. The molecule has 0 aliphatic rings. The lowest BCUT2D eigenvalue weighted by atomic mass is 9.91. The van der Waals surface area contributed by atoms with Crippen LogP contribution in [0.2, 0.25) is 0 Å². The van der Waals surface area contributed by atoms with Crippen molar-refractivity contribution >= 4 is 11.7 Å². The third-order valence-corrected chi connectivity index (χ3v) is 4.40. The van der Waals surface area contributed by atoms with Crippen molar-refractivity contribution in [3.05, 3.63) is 90.1 Å². The molecule has 2 aromatic carbocycles. The van der Waals surface area contributed by atoms with Crippen molar-refractivity contribution in [1.29, 1.82) is 0 Å². The van der Waals surface area contributed by atoms with E-state index < -0.39 is 0 Å². The summed E-state index contributed by atoms with van der Waals surface area (Å²) in [5.41, 5.74) is 2.90.